The minimum absolute atomic E-state index is 0.0138. The van der Waals surface area contributed by atoms with Gasteiger partial charge in [-0.05, 0) is 48.5 Å². The van der Waals surface area contributed by atoms with Crippen LogP contribution in [0.2, 0.25) is 10.0 Å². The van der Waals surface area contributed by atoms with Crippen LogP contribution in [0.5, 0.6) is 0 Å². The van der Waals surface area contributed by atoms with Gasteiger partial charge in [-0.3, -0.25) is 9.44 Å². The van der Waals surface area contributed by atoms with E-state index in [1.807, 2.05) is 0 Å². The van der Waals surface area contributed by atoms with Crippen LogP contribution in [0.3, 0.4) is 0 Å². The summed E-state index contributed by atoms with van der Waals surface area (Å²) in [5, 5.41) is 0.0147. The molecule has 0 unspecified atom stereocenters. The van der Waals surface area contributed by atoms with E-state index in [9.17, 15) is 16.8 Å². The minimum atomic E-state index is -3.99. The van der Waals surface area contributed by atoms with Crippen molar-refractivity contribution in [2.45, 2.75) is 9.79 Å². The van der Waals surface area contributed by atoms with Gasteiger partial charge in [0.15, 0.2) is 0 Å². The maximum atomic E-state index is 12.5. The molecule has 0 atom stereocenters. The van der Waals surface area contributed by atoms with E-state index in [2.05, 4.69) is 9.44 Å². The predicted octanol–water partition coefficient (Wildman–Crippen LogP) is 4.60. The maximum absolute atomic E-state index is 12.5. The van der Waals surface area contributed by atoms with E-state index in [0.29, 0.717) is 5.69 Å². The molecule has 0 aromatic heterocycles. The number of halogens is 2. The van der Waals surface area contributed by atoms with Crippen LogP contribution in [0.25, 0.3) is 0 Å². The second-order valence-electron chi connectivity index (χ2n) is 5.65. The Morgan fingerprint density at radius 1 is 0.607 bits per heavy atom. The van der Waals surface area contributed by atoms with E-state index in [-0.39, 0.29) is 25.5 Å². The molecule has 0 amide bonds. The van der Waals surface area contributed by atoms with Gasteiger partial charge in [0.05, 0.1) is 14.9 Å². The van der Waals surface area contributed by atoms with Gasteiger partial charge in [0.25, 0.3) is 20.0 Å². The summed E-state index contributed by atoms with van der Waals surface area (Å²) >= 11 is 11.8. The Labute approximate surface area is 173 Å². The summed E-state index contributed by atoms with van der Waals surface area (Å²) in [5.74, 6) is 0. The summed E-state index contributed by atoms with van der Waals surface area (Å²) in [6, 6.07) is 18.0. The van der Waals surface area contributed by atoms with Crippen molar-refractivity contribution < 1.29 is 16.8 Å². The number of anilines is 2. The molecule has 0 saturated heterocycles. The summed E-state index contributed by atoms with van der Waals surface area (Å²) in [5.41, 5.74) is 0.595. The number of nitrogens with one attached hydrogen (secondary N) is 2. The molecular weight excluding hydrogens is 443 g/mol. The van der Waals surface area contributed by atoms with Crippen molar-refractivity contribution in [2.75, 3.05) is 9.44 Å². The zero-order valence-corrected chi connectivity index (χ0v) is 17.3. The molecule has 0 aliphatic carbocycles. The highest BCUT2D eigenvalue weighted by Gasteiger charge is 2.20. The SMILES string of the molecule is O=S(=O)(Nc1ccccc1)c1ccc(NS(=O)(=O)c2cccc(Cl)c2Cl)cc1. The van der Waals surface area contributed by atoms with Crippen molar-refractivity contribution in [3.63, 3.8) is 0 Å². The molecule has 0 heterocycles. The van der Waals surface area contributed by atoms with Crippen LogP contribution in [0.15, 0.2) is 82.6 Å². The quantitative estimate of drug-likeness (QED) is 0.566. The van der Waals surface area contributed by atoms with Crippen molar-refractivity contribution in [3.8, 4) is 0 Å². The normalized spacial score (nSPS) is 11.8. The lowest BCUT2D eigenvalue weighted by Gasteiger charge is -2.11. The first-order valence-corrected chi connectivity index (χ1v) is 11.6. The molecule has 6 nitrogen and oxygen atoms in total. The van der Waals surface area contributed by atoms with E-state index < -0.39 is 20.0 Å². The van der Waals surface area contributed by atoms with Crippen LogP contribution < -0.4 is 9.44 Å². The van der Waals surface area contributed by atoms with Crippen LogP contribution in [-0.4, -0.2) is 16.8 Å². The average molecular weight is 457 g/mol. The Morgan fingerprint density at radius 2 is 1.18 bits per heavy atom. The van der Waals surface area contributed by atoms with Crippen molar-refractivity contribution in [3.05, 3.63) is 82.8 Å². The third kappa shape index (κ3) is 4.59. The molecule has 3 aromatic rings. The molecule has 146 valence electrons. The highest BCUT2D eigenvalue weighted by molar-refractivity contribution is 7.93. The number of rotatable bonds is 6. The second kappa shape index (κ2) is 8.00. The number of para-hydroxylation sites is 1. The van der Waals surface area contributed by atoms with Crippen molar-refractivity contribution in [1.82, 2.24) is 0 Å². The molecule has 0 fully saturated rings. The maximum Gasteiger partial charge on any atom is 0.263 e. The standard InChI is InChI=1S/C18H14Cl2N2O4S2/c19-16-7-4-8-17(18(16)20)28(25,26)22-14-9-11-15(12-10-14)27(23,24)21-13-5-2-1-3-6-13/h1-12,21-22H. The summed E-state index contributed by atoms with van der Waals surface area (Å²) in [6.45, 7) is 0. The Morgan fingerprint density at radius 3 is 1.82 bits per heavy atom. The van der Waals surface area contributed by atoms with Crippen LogP contribution in [0, 0.1) is 0 Å². The highest BCUT2D eigenvalue weighted by Crippen LogP contribution is 2.30. The molecular formula is C18H14Cl2N2O4S2. The molecule has 0 aliphatic heterocycles. The molecule has 10 heteroatoms. The van der Waals surface area contributed by atoms with E-state index in [0.717, 1.165) is 0 Å². The number of hydrogen-bond acceptors (Lipinski definition) is 4. The van der Waals surface area contributed by atoms with Crippen molar-refractivity contribution in [2.24, 2.45) is 0 Å². The lowest BCUT2D eigenvalue weighted by atomic mass is 10.3. The second-order valence-corrected chi connectivity index (χ2v) is 9.77. The monoisotopic (exact) mass is 456 g/mol. The fourth-order valence-corrected chi connectivity index (χ4v) is 5.20. The van der Waals surface area contributed by atoms with E-state index in [4.69, 9.17) is 23.2 Å². The Hall–Kier alpha value is -2.26. The zero-order valence-electron chi connectivity index (χ0n) is 14.1. The van der Waals surface area contributed by atoms with Crippen molar-refractivity contribution >= 4 is 54.6 Å². The molecule has 3 aromatic carbocycles. The summed E-state index contributed by atoms with van der Waals surface area (Å²) in [7, 11) is -7.80. The van der Waals surface area contributed by atoms with Gasteiger partial charge in [-0.2, -0.15) is 0 Å². The largest absolute Gasteiger partial charge is 0.280 e. The van der Waals surface area contributed by atoms with Gasteiger partial charge < -0.3 is 0 Å². The number of sulfonamides is 2. The number of hydrogen-bond donors (Lipinski definition) is 2. The van der Waals surface area contributed by atoms with Crippen LogP contribution in [0.4, 0.5) is 11.4 Å². The van der Waals surface area contributed by atoms with Gasteiger partial charge in [-0.25, -0.2) is 16.8 Å². The number of benzene rings is 3. The summed E-state index contributed by atoms with van der Waals surface area (Å²) < 4.78 is 54.7. The Bertz CT molecular complexity index is 1200. The Kier molecular flexibility index (Phi) is 5.85. The minimum Gasteiger partial charge on any atom is -0.280 e. The molecule has 28 heavy (non-hydrogen) atoms. The lowest BCUT2D eigenvalue weighted by Crippen LogP contribution is -2.15. The van der Waals surface area contributed by atoms with Crippen LogP contribution in [0.1, 0.15) is 0 Å². The van der Waals surface area contributed by atoms with Gasteiger partial charge in [-0.15, -0.1) is 0 Å². The van der Waals surface area contributed by atoms with Gasteiger partial charge in [0, 0.05) is 11.4 Å². The van der Waals surface area contributed by atoms with E-state index in [1.165, 1.54) is 42.5 Å². The first-order valence-electron chi connectivity index (χ1n) is 7.84. The summed E-state index contributed by atoms with van der Waals surface area (Å²) in [6.07, 6.45) is 0. The van der Waals surface area contributed by atoms with Crippen LogP contribution in [-0.2, 0) is 20.0 Å². The van der Waals surface area contributed by atoms with Gasteiger partial charge in [0.2, 0.25) is 0 Å². The Balaban J connectivity index is 1.82. The first kappa shape index (κ1) is 20.5. The molecule has 0 bridgehead atoms. The molecule has 2 N–H and O–H groups in total. The highest BCUT2D eigenvalue weighted by atomic mass is 35.5. The van der Waals surface area contributed by atoms with Crippen LogP contribution >= 0.6 is 23.2 Å². The topological polar surface area (TPSA) is 92.3 Å². The smallest absolute Gasteiger partial charge is 0.263 e. The molecule has 0 saturated carbocycles. The molecule has 0 aliphatic rings. The predicted molar refractivity (Wildman–Crippen MR) is 111 cm³/mol. The average Bonchev–Trinajstić information content (AvgIpc) is 2.64. The lowest BCUT2D eigenvalue weighted by molar-refractivity contribution is 0.600. The van der Waals surface area contributed by atoms with Gasteiger partial charge in [0.1, 0.15) is 4.90 Å². The molecule has 0 spiro atoms. The van der Waals surface area contributed by atoms with Gasteiger partial charge >= 0.3 is 0 Å². The fourth-order valence-electron chi connectivity index (χ4n) is 2.32. The zero-order chi connectivity index (χ0) is 20.4. The first-order chi connectivity index (χ1) is 13.2. The van der Waals surface area contributed by atoms with E-state index in [1.54, 1.807) is 30.3 Å². The molecule has 3 rings (SSSR count). The molecule has 0 radical (unpaired) electrons. The van der Waals surface area contributed by atoms with E-state index >= 15 is 0 Å². The summed E-state index contributed by atoms with van der Waals surface area (Å²) in [4.78, 5) is -0.191. The fraction of sp³-hybridized carbons (Fsp3) is 0. The third-order valence-corrected chi connectivity index (χ3v) is 7.40. The van der Waals surface area contributed by atoms with Crippen molar-refractivity contribution in [1.29, 1.82) is 0 Å². The third-order valence-electron chi connectivity index (χ3n) is 3.65. The van der Waals surface area contributed by atoms with Gasteiger partial charge in [-0.1, -0.05) is 47.5 Å².